The van der Waals surface area contributed by atoms with E-state index < -0.39 is 0 Å². The van der Waals surface area contributed by atoms with E-state index in [2.05, 4.69) is 0 Å². The van der Waals surface area contributed by atoms with Gasteiger partial charge in [-0.15, -0.1) is 0 Å². The summed E-state index contributed by atoms with van der Waals surface area (Å²) in [6.45, 7) is 1.15. The van der Waals surface area contributed by atoms with Crippen molar-refractivity contribution >= 4 is 11.6 Å². The van der Waals surface area contributed by atoms with Crippen molar-refractivity contribution in [2.24, 2.45) is 0 Å². The number of hydrogen-bond donors (Lipinski definition) is 1. The van der Waals surface area contributed by atoms with Gasteiger partial charge in [0.25, 0.3) is 0 Å². The first-order valence-corrected chi connectivity index (χ1v) is 5.91. The maximum atomic E-state index is 8.90. The quantitative estimate of drug-likeness (QED) is 0.898. The molecule has 1 aliphatic heterocycles. The fourth-order valence-electron chi connectivity index (χ4n) is 1.83. The predicted molar refractivity (Wildman–Crippen MR) is 64.4 cm³/mol. The average molecular weight is 259 g/mol. The van der Waals surface area contributed by atoms with Crippen molar-refractivity contribution in [3.8, 4) is 17.2 Å². The van der Waals surface area contributed by atoms with E-state index in [1.54, 1.807) is 13.2 Å². The summed E-state index contributed by atoms with van der Waals surface area (Å²) >= 11 is 6.24. The smallest absolute Gasteiger partial charge is 0.166 e. The van der Waals surface area contributed by atoms with E-state index in [-0.39, 0.29) is 6.61 Å². The van der Waals surface area contributed by atoms with Gasteiger partial charge in [0.1, 0.15) is 19.0 Å². The normalized spacial score (nSPS) is 13.6. The molecule has 4 nitrogen and oxygen atoms in total. The molecule has 1 heterocycles. The van der Waals surface area contributed by atoms with Crippen LogP contribution in [0.2, 0.25) is 5.02 Å². The van der Waals surface area contributed by atoms with Crippen LogP contribution in [0.15, 0.2) is 6.07 Å². The zero-order valence-corrected chi connectivity index (χ0v) is 10.4. The van der Waals surface area contributed by atoms with Gasteiger partial charge >= 0.3 is 0 Å². The van der Waals surface area contributed by atoms with Gasteiger partial charge in [0.2, 0.25) is 0 Å². The summed E-state index contributed by atoms with van der Waals surface area (Å²) in [5.74, 6) is 1.91. The molecule has 2 rings (SSSR count). The van der Waals surface area contributed by atoms with Crippen LogP contribution in [0.25, 0.3) is 0 Å². The third kappa shape index (κ3) is 2.42. The lowest BCUT2D eigenvalue weighted by molar-refractivity contribution is 0.168. The van der Waals surface area contributed by atoms with Crippen LogP contribution in [0.4, 0.5) is 0 Å². The number of aliphatic hydroxyl groups is 1. The summed E-state index contributed by atoms with van der Waals surface area (Å²) in [5, 5.41) is 9.44. The van der Waals surface area contributed by atoms with Crippen LogP contribution >= 0.6 is 11.6 Å². The number of halogens is 1. The maximum Gasteiger partial charge on any atom is 0.166 e. The lowest BCUT2D eigenvalue weighted by atomic mass is 10.1. The number of methoxy groups -OCH3 is 1. The minimum Gasteiger partial charge on any atom is -0.495 e. The van der Waals surface area contributed by atoms with E-state index in [0.717, 1.165) is 5.56 Å². The van der Waals surface area contributed by atoms with Gasteiger partial charge in [-0.3, -0.25) is 0 Å². The molecule has 0 bridgehead atoms. The molecular formula is C12H15ClO4. The zero-order chi connectivity index (χ0) is 12.3. The fourth-order valence-corrected chi connectivity index (χ4v) is 2.15. The first-order valence-electron chi connectivity index (χ1n) is 5.53. The number of benzene rings is 1. The second-order valence-corrected chi connectivity index (χ2v) is 4.10. The van der Waals surface area contributed by atoms with E-state index in [1.165, 1.54) is 0 Å². The Morgan fingerprint density at radius 3 is 2.88 bits per heavy atom. The van der Waals surface area contributed by atoms with E-state index in [9.17, 15) is 0 Å². The van der Waals surface area contributed by atoms with Crippen LogP contribution in [0.5, 0.6) is 17.2 Å². The lowest BCUT2D eigenvalue weighted by Crippen LogP contribution is -2.17. The summed E-state index contributed by atoms with van der Waals surface area (Å²) in [5.41, 5.74) is 0.842. The molecule has 0 radical (unpaired) electrons. The first kappa shape index (κ1) is 12.3. The Kier molecular flexibility index (Phi) is 3.97. The highest BCUT2D eigenvalue weighted by Gasteiger charge is 2.22. The minimum absolute atomic E-state index is 0.114. The molecule has 17 heavy (non-hydrogen) atoms. The Labute approximate surface area is 105 Å². The molecule has 0 fully saturated rings. The number of fused-ring (bicyclic) bond motifs is 1. The van der Waals surface area contributed by atoms with Gasteiger partial charge < -0.3 is 19.3 Å². The monoisotopic (exact) mass is 258 g/mol. The molecule has 1 N–H and O–H groups in total. The van der Waals surface area contributed by atoms with Gasteiger partial charge in [0, 0.05) is 18.2 Å². The lowest BCUT2D eigenvalue weighted by Gasteiger charge is -2.23. The Bertz CT molecular complexity index is 406. The van der Waals surface area contributed by atoms with Crippen molar-refractivity contribution in [3.63, 3.8) is 0 Å². The summed E-state index contributed by atoms with van der Waals surface area (Å²) in [6.07, 6.45) is 1.26. The maximum absolute atomic E-state index is 8.90. The topological polar surface area (TPSA) is 47.9 Å². The number of hydrogen-bond acceptors (Lipinski definition) is 4. The molecule has 0 amide bonds. The van der Waals surface area contributed by atoms with Crippen molar-refractivity contribution in [3.05, 3.63) is 16.7 Å². The highest BCUT2D eigenvalue weighted by Crippen LogP contribution is 2.44. The number of aliphatic hydroxyl groups excluding tert-OH is 1. The second kappa shape index (κ2) is 5.47. The molecule has 1 aromatic rings. The van der Waals surface area contributed by atoms with Crippen LogP contribution < -0.4 is 14.2 Å². The van der Waals surface area contributed by atoms with E-state index in [1.807, 2.05) is 0 Å². The SMILES string of the molecule is COc1cc2c(c(CCCO)c1Cl)OCCO2. The Morgan fingerprint density at radius 1 is 1.41 bits per heavy atom. The molecule has 0 atom stereocenters. The summed E-state index contributed by atoms with van der Waals surface area (Å²) in [6, 6.07) is 1.74. The molecule has 0 spiro atoms. The van der Waals surface area contributed by atoms with Crippen molar-refractivity contribution in [1.82, 2.24) is 0 Å². The largest absolute Gasteiger partial charge is 0.495 e. The zero-order valence-electron chi connectivity index (χ0n) is 9.66. The number of rotatable bonds is 4. The van der Waals surface area contributed by atoms with E-state index in [0.29, 0.717) is 48.3 Å². The average Bonchev–Trinajstić information content (AvgIpc) is 2.37. The van der Waals surface area contributed by atoms with Crippen LogP contribution in [-0.4, -0.2) is 32.0 Å². The fraction of sp³-hybridized carbons (Fsp3) is 0.500. The van der Waals surface area contributed by atoms with Crippen LogP contribution in [0.3, 0.4) is 0 Å². The van der Waals surface area contributed by atoms with Crippen LogP contribution in [0, 0.1) is 0 Å². The molecule has 0 unspecified atom stereocenters. The van der Waals surface area contributed by atoms with Crippen molar-refractivity contribution in [2.45, 2.75) is 12.8 Å². The molecule has 0 saturated heterocycles. The Hall–Kier alpha value is -1.13. The van der Waals surface area contributed by atoms with E-state index in [4.69, 9.17) is 30.9 Å². The molecule has 0 aromatic heterocycles. The third-order valence-corrected chi connectivity index (χ3v) is 3.05. The summed E-state index contributed by atoms with van der Waals surface area (Å²) in [7, 11) is 1.56. The molecule has 0 saturated carbocycles. The molecule has 0 aliphatic carbocycles. The standard InChI is InChI=1S/C12H15ClO4/c1-15-9-7-10-12(17-6-5-16-10)8(11(9)13)3-2-4-14/h7,14H,2-6H2,1H3. The van der Waals surface area contributed by atoms with Gasteiger partial charge in [-0.1, -0.05) is 11.6 Å². The van der Waals surface area contributed by atoms with Gasteiger partial charge in [0.15, 0.2) is 11.5 Å². The number of ether oxygens (including phenoxy) is 3. The molecule has 94 valence electrons. The molecular weight excluding hydrogens is 244 g/mol. The van der Waals surface area contributed by atoms with Gasteiger partial charge in [-0.05, 0) is 12.8 Å². The van der Waals surface area contributed by atoms with Gasteiger partial charge in [0.05, 0.1) is 12.1 Å². The van der Waals surface area contributed by atoms with Crippen LogP contribution in [0.1, 0.15) is 12.0 Å². The van der Waals surface area contributed by atoms with Crippen LogP contribution in [-0.2, 0) is 6.42 Å². The first-order chi connectivity index (χ1) is 8.27. The minimum atomic E-state index is 0.114. The molecule has 5 heteroatoms. The Balaban J connectivity index is 2.44. The van der Waals surface area contributed by atoms with Crippen molar-refractivity contribution < 1.29 is 19.3 Å². The molecule has 1 aliphatic rings. The van der Waals surface area contributed by atoms with Gasteiger partial charge in [-0.2, -0.15) is 0 Å². The Morgan fingerprint density at radius 2 is 2.18 bits per heavy atom. The molecule has 1 aromatic carbocycles. The highest BCUT2D eigenvalue weighted by atomic mass is 35.5. The second-order valence-electron chi connectivity index (χ2n) is 3.72. The van der Waals surface area contributed by atoms with E-state index >= 15 is 0 Å². The van der Waals surface area contributed by atoms with Crippen molar-refractivity contribution in [1.29, 1.82) is 0 Å². The van der Waals surface area contributed by atoms with Crippen molar-refractivity contribution in [2.75, 3.05) is 26.9 Å². The predicted octanol–water partition coefficient (Wildman–Crippen LogP) is 2.04. The summed E-state index contributed by atoms with van der Waals surface area (Å²) < 4.78 is 16.3. The third-order valence-electron chi connectivity index (χ3n) is 2.63. The van der Waals surface area contributed by atoms with Gasteiger partial charge in [-0.25, -0.2) is 0 Å². The summed E-state index contributed by atoms with van der Waals surface area (Å²) in [4.78, 5) is 0. The highest BCUT2D eigenvalue weighted by molar-refractivity contribution is 6.33.